The van der Waals surface area contributed by atoms with Gasteiger partial charge in [0.1, 0.15) is 5.52 Å². The summed E-state index contributed by atoms with van der Waals surface area (Å²) < 4.78 is 4.76. The summed E-state index contributed by atoms with van der Waals surface area (Å²) in [5, 5.41) is 2.46. The van der Waals surface area contributed by atoms with Gasteiger partial charge in [0.25, 0.3) is 5.65 Å². The molecule has 0 saturated heterocycles. The zero-order chi connectivity index (χ0) is 20.4. The highest BCUT2D eigenvalue weighted by molar-refractivity contribution is 6.11. The van der Waals surface area contributed by atoms with Crippen LogP contribution in [0.3, 0.4) is 0 Å². The van der Waals surface area contributed by atoms with Crippen LogP contribution in [-0.4, -0.2) is 9.38 Å². The van der Waals surface area contributed by atoms with Gasteiger partial charge in [-0.1, -0.05) is 45.9 Å². The molecule has 5 rings (SSSR count). The van der Waals surface area contributed by atoms with E-state index in [2.05, 4.69) is 99.2 Å². The van der Waals surface area contributed by atoms with Crippen molar-refractivity contribution < 1.29 is 4.57 Å². The average molecular weight is 383 g/mol. The molecule has 146 valence electrons. The van der Waals surface area contributed by atoms with Crippen molar-refractivity contribution in [3.8, 4) is 0 Å². The standard InChI is InChI=1S/C26H28N3/c1-15(2)18-11-12-22-23(14-18)29-21-10-8-7-9-19(21)25-24(26(29)28(22)6)17(5)13-20(27-25)16(3)4/h7-16H,1-6H3/q+1. The highest BCUT2D eigenvalue weighted by Crippen LogP contribution is 2.34. The minimum absolute atomic E-state index is 0.404. The summed E-state index contributed by atoms with van der Waals surface area (Å²) in [5.74, 6) is 0.903. The Labute approximate surface area is 171 Å². The van der Waals surface area contributed by atoms with Crippen molar-refractivity contribution in [2.24, 2.45) is 7.05 Å². The van der Waals surface area contributed by atoms with E-state index in [0.717, 1.165) is 11.2 Å². The fraction of sp³-hybridized carbons (Fsp3) is 0.308. The maximum atomic E-state index is 5.14. The Balaban J connectivity index is 2.11. The molecule has 0 saturated carbocycles. The summed E-state index contributed by atoms with van der Waals surface area (Å²) in [6, 6.07) is 17.8. The third kappa shape index (κ3) is 2.50. The Morgan fingerprint density at radius 2 is 1.66 bits per heavy atom. The van der Waals surface area contributed by atoms with Crippen LogP contribution < -0.4 is 4.57 Å². The second-order valence-electron chi connectivity index (χ2n) is 8.88. The number of aryl methyl sites for hydroxylation is 2. The van der Waals surface area contributed by atoms with E-state index in [0.29, 0.717) is 11.8 Å². The summed E-state index contributed by atoms with van der Waals surface area (Å²) in [5.41, 5.74) is 9.87. The fourth-order valence-electron chi connectivity index (χ4n) is 4.60. The van der Waals surface area contributed by atoms with Crippen LogP contribution in [0.25, 0.3) is 38.5 Å². The lowest BCUT2D eigenvalue weighted by molar-refractivity contribution is -0.617. The van der Waals surface area contributed by atoms with E-state index in [1.165, 1.54) is 44.1 Å². The molecule has 0 aliphatic heterocycles. The van der Waals surface area contributed by atoms with Crippen LogP contribution in [0.5, 0.6) is 0 Å². The number of rotatable bonds is 2. The Hall–Kier alpha value is -2.94. The first-order chi connectivity index (χ1) is 13.9. The van der Waals surface area contributed by atoms with Crippen LogP contribution in [0, 0.1) is 6.92 Å². The van der Waals surface area contributed by atoms with E-state index in [1.807, 2.05) is 0 Å². The number of para-hydroxylation sites is 1. The maximum absolute atomic E-state index is 5.14. The molecule has 3 heteroatoms. The maximum Gasteiger partial charge on any atom is 0.297 e. The van der Waals surface area contributed by atoms with Gasteiger partial charge >= 0.3 is 0 Å². The molecule has 0 spiro atoms. The molecular weight excluding hydrogens is 354 g/mol. The van der Waals surface area contributed by atoms with Crippen LogP contribution in [-0.2, 0) is 7.05 Å². The van der Waals surface area contributed by atoms with Crippen molar-refractivity contribution in [2.75, 3.05) is 0 Å². The summed E-state index contributed by atoms with van der Waals surface area (Å²) in [4.78, 5) is 5.14. The third-order valence-corrected chi connectivity index (χ3v) is 6.25. The quantitative estimate of drug-likeness (QED) is 0.264. The minimum Gasteiger partial charge on any atom is -0.251 e. The minimum atomic E-state index is 0.404. The van der Waals surface area contributed by atoms with Crippen LogP contribution in [0.4, 0.5) is 0 Å². The fourth-order valence-corrected chi connectivity index (χ4v) is 4.60. The first kappa shape index (κ1) is 18.1. The summed E-state index contributed by atoms with van der Waals surface area (Å²) >= 11 is 0. The number of imidazole rings is 1. The van der Waals surface area contributed by atoms with Crippen LogP contribution >= 0.6 is 0 Å². The SMILES string of the molecule is Cc1cc(C(C)C)nc2c3ccccc3n3c4cc(C(C)C)ccc4[n+](C)c3c12. The number of pyridine rings is 2. The molecule has 0 N–H and O–H groups in total. The van der Waals surface area contributed by atoms with E-state index < -0.39 is 0 Å². The van der Waals surface area contributed by atoms with E-state index in [4.69, 9.17) is 4.98 Å². The van der Waals surface area contributed by atoms with Crippen molar-refractivity contribution in [3.05, 3.63) is 65.4 Å². The molecule has 0 fully saturated rings. The average Bonchev–Trinajstić information content (AvgIpc) is 3.00. The van der Waals surface area contributed by atoms with Gasteiger partial charge in [-0.25, -0.2) is 4.57 Å². The van der Waals surface area contributed by atoms with Crippen molar-refractivity contribution in [1.82, 2.24) is 9.38 Å². The van der Waals surface area contributed by atoms with E-state index in [-0.39, 0.29) is 0 Å². The Morgan fingerprint density at radius 3 is 2.38 bits per heavy atom. The van der Waals surface area contributed by atoms with Crippen LogP contribution in [0.15, 0.2) is 48.5 Å². The Bertz CT molecular complexity index is 1420. The summed E-state index contributed by atoms with van der Waals surface area (Å²) in [6.07, 6.45) is 0. The molecule has 0 radical (unpaired) electrons. The van der Waals surface area contributed by atoms with Crippen molar-refractivity contribution in [1.29, 1.82) is 0 Å². The molecule has 3 nitrogen and oxygen atoms in total. The number of nitrogens with zero attached hydrogens (tertiary/aromatic N) is 3. The zero-order valence-electron chi connectivity index (χ0n) is 18.1. The highest BCUT2D eigenvalue weighted by atomic mass is 15.1. The third-order valence-electron chi connectivity index (χ3n) is 6.25. The molecule has 0 atom stereocenters. The summed E-state index contributed by atoms with van der Waals surface area (Å²) in [7, 11) is 2.18. The topological polar surface area (TPSA) is 21.2 Å². The number of hydrogen-bond donors (Lipinski definition) is 0. The van der Waals surface area contributed by atoms with Crippen molar-refractivity contribution >= 4 is 38.5 Å². The predicted octanol–water partition coefficient (Wildman–Crippen LogP) is 6.17. The lowest BCUT2D eigenvalue weighted by Crippen LogP contribution is -2.27. The lowest BCUT2D eigenvalue weighted by atomic mass is 10.0. The molecule has 3 aromatic heterocycles. The molecule has 0 aliphatic rings. The van der Waals surface area contributed by atoms with Gasteiger partial charge < -0.3 is 0 Å². The smallest absolute Gasteiger partial charge is 0.251 e. The Kier molecular flexibility index (Phi) is 3.92. The van der Waals surface area contributed by atoms with Gasteiger partial charge in [0.2, 0.25) is 0 Å². The van der Waals surface area contributed by atoms with E-state index >= 15 is 0 Å². The molecular formula is C26H28N3+. The lowest BCUT2D eigenvalue weighted by Gasteiger charge is -2.11. The Morgan fingerprint density at radius 1 is 0.897 bits per heavy atom. The van der Waals surface area contributed by atoms with Gasteiger partial charge in [-0.05, 0) is 60.2 Å². The molecule has 2 aromatic carbocycles. The van der Waals surface area contributed by atoms with Crippen LogP contribution in [0.1, 0.15) is 56.4 Å². The van der Waals surface area contributed by atoms with E-state index in [9.17, 15) is 0 Å². The normalized spacial score (nSPS) is 12.4. The first-order valence-corrected chi connectivity index (χ1v) is 10.5. The molecule has 0 amide bonds. The number of fused-ring (bicyclic) bond motifs is 8. The van der Waals surface area contributed by atoms with Gasteiger partial charge in [-0.2, -0.15) is 4.40 Å². The molecule has 0 unspecified atom stereocenters. The first-order valence-electron chi connectivity index (χ1n) is 10.5. The largest absolute Gasteiger partial charge is 0.297 e. The zero-order valence-corrected chi connectivity index (χ0v) is 18.1. The number of aromatic nitrogens is 3. The van der Waals surface area contributed by atoms with Gasteiger partial charge in [-0.3, -0.25) is 4.98 Å². The molecule has 3 heterocycles. The van der Waals surface area contributed by atoms with Gasteiger partial charge in [0.05, 0.1) is 18.0 Å². The molecule has 5 aromatic rings. The summed E-state index contributed by atoms with van der Waals surface area (Å²) in [6.45, 7) is 11.2. The number of benzene rings is 2. The molecule has 29 heavy (non-hydrogen) atoms. The second-order valence-corrected chi connectivity index (χ2v) is 8.88. The van der Waals surface area contributed by atoms with Crippen LogP contribution in [0.2, 0.25) is 0 Å². The van der Waals surface area contributed by atoms with Gasteiger partial charge in [0.15, 0.2) is 11.0 Å². The highest BCUT2D eigenvalue weighted by Gasteiger charge is 2.25. The van der Waals surface area contributed by atoms with Gasteiger partial charge in [-0.15, -0.1) is 0 Å². The molecule has 0 bridgehead atoms. The predicted molar refractivity (Wildman–Crippen MR) is 122 cm³/mol. The van der Waals surface area contributed by atoms with Crippen molar-refractivity contribution in [2.45, 2.75) is 46.5 Å². The number of hydrogen-bond acceptors (Lipinski definition) is 1. The van der Waals surface area contributed by atoms with Gasteiger partial charge in [0, 0.05) is 11.1 Å². The second kappa shape index (κ2) is 6.28. The van der Waals surface area contributed by atoms with Crippen molar-refractivity contribution in [3.63, 3.8) is 0 Å². The monoisotopic (exact) mass is 382 g/mol. The molecule has 0 aliphatic carbocycles. The van der Waals surface area contributed by atoms with E-state index in [1.54, 1.807) is 0 Å².